The highest BCUT2D eigenvalue weighted by Crippen LogP contribution is 2.44. The average molecular weight is 810 g/mol. The fraction of sp³-hybridized carbons (Fsp3) is 0.528. The van der Waals surface area contributed by atoms with Crippen molar-refractivity contribution in [3.05, 3.63) is 75.0 Å². The van der Waals surface area contributed by atoms with E-state index >= 15 is 0 Å². The van der Waals surface area contributed by atoms with E-state index in [1.165, 1.54) is 79.3 Å². The Kier molecular flexibility index (Phi) is 14.6. The van der Waals surface area contributed by atoms with E-state index in [1.54, 1.807) is 20.8 Å². The summed E-state index contributed by atoms with van der Waals surface area (Å²) < 4.78 is 44.8. The Morgan fingerprint density at radius 1 is 1.00 bits per heavy atom. The zero-order chi connectivity index (χ0) is 40.1. The van der Waals surface area contributed by atoms with Crippen molar-refractivity contribution in [2.75, 3.05) is 26.5 Å². The fourth-order valence-electron chi connectivity index (χ4n) is 4.61. The number of hydrogen-bond donors (Lipinski definition) is 0. The quantitative estimate of drug-likeness (QED) is 0.0315. The Balaban J connectivity index is 2.12. The maximum atomic E-state index is 14.2. The van der Waals surface area contributed by atoms with Gasteiger partial charge in [-0.2, -0.15) is 0 Å². The zero-order valence-corrected chi connectivity index (χ0v) is 35.7. The average Bonchev–Trinajstić information content (AvgIpc) is 3.06. The first-order valence-corrected chi connectivity index (χ1v) is 23.3. The van der Waals surface area contributed by atoms with Crippen LogP contribution < -0.4 is 4.74 Å². The molecule has 3 rings (SSSR count). The second-order valence-electron chi connectivity index (χ2n) is 15.2. The van der Waals surface area contributed by atoms with Crippen LogP contribution in [0.5, 0.6) is 5.75 Å². The molecule has 1 aliphatic heterocycles. The van der Waals surface area contributed by atoms with Crippen LogP contribution in [-0.4, -0.2) is 79.7 Å². The lowest BCUT2D eigenvalue weighted by Crippen LogP contribution is -2.60. The van der Waals surface area contributed by atoms with E-state index in [2.05, 4.69) is 33.9 Å². The number of nitrogens with zero attached hydrogens (tertiary/aromatic N) is 3. The molecule has 0 N–H and O–H groups in total. The van der Waals surface area contributed by atoms with Crippen LogP contribution >= 0.6 is 23.5 Å². The second kappa shape index (κ2) is 17.5. The van der Waals surface area contributed by atoms with Crippen molar-refractivity contribution in [1.29, 1.82) is 0 Å². The third-order valence-electron chi connectivity index (χ3n) is 8.94. The summed E-state index contributed by atoms with van der Waals surface area (Å²) in [6.45, 7) is 17.8. The van der Waals surface area contributed by atoms with E-state index in [9.17, 15) is 32.9 Å². The largest absolute Gasteiger partial charge is 0.456 e. The van der Waals surface area contributed by atoms with Gasteiger partial charge in [0.2, 0.25) is 21.0 Å². The van der Waals surface area contributed by atoms with E-state index in [1.807, 2.05) is 6.92 Å². The van der Waals surface area contributed by atoms with Gasteiger partial charge in [0.05, 0.1) is 21.1 Å². The molecule has 17 heteroatoms. The van der Waals surface area contributed by atoms with Crippen LogP contribution in [0.4, 0.5) is 5.69 Å². The monoisotopic (exact) mass is 809 g/mol. The van der Waals surface area contributed by atoms with Crippen LogP contribution in [-0.2, 0) is 40.2 Å². The van der Waals surface area contributed by atoms with Crippen molar-refractivity contribution in [2.24, 2.45) is 11.3 Å². The molecule has 2 atom stereocenters. The number of non-ortho nitro benzene ring substituents is 1. The number of β-lactam (4-membered cyclic amide) rings is 1. The molecule has 0 radical (unpaired) electrons. The Morgan fingerprint density at radius 2 is 1.58 bits per heavy atom. The summed E-state index contributed by atoms with van der Waals surface area (Å²) in [5.41, 5.74) is -0.849. The first kappa shape index (κ1) is 44.2. The minimum absolute atomic E-state index is 0.00150. The van der Waals surface area contributed by atoms with Crippen LogP contribution in [0.25, 0.3) is 0 Å². The number of rotatable bonds is 16. The van der Waals surface area contributed by atoms with Gasteiger partial charge in [-0.1, -0.05) is 48.5 Å². The third kappa shape index (κ3) is 10.9. The van der Waals surface area contributed by atoms with Gasteiger partial charge in [-0.3, -0.25) is 24.6 Å². The van der Waals surface area contributed by atoms with Crippen LogP contribution in [0.15, 0.2) is 64.2 Å². The standard InChI is InChI=1S/C36H51N3O10S3Si/c1-12-50-31-28(21-22-48-53(10,11)36(5,6)7)30(40)38(31)29(32(41)47-23-24-13-15-25(16-14-24)39(43)44)33(51-34(42)35(2,3)4)49-26-17-19-27(20-18-26)52(45,46)37(8)9/h13-20,28,31H,12,21-23H2,1-11H3/t28-,31+/m0/s1. The lowest BCUT2D eigenvalue weighted by molar-refractivity contribution is -0.384. The molecule has 1 fully saturated rings. The lowest BCUT2D eigenvalue weighted by atomic mass is 9.94. The predicted molar refractivity (Wildman–Crippen MR) is 210 cm³/mol. The number of nitro groups is 1. The van der Waals surface area contributed by atoms with E-state index in [-0.39, 0.29) is 49.8 Å². The second-order valence-corrected chi connectivity index (χ2v) is 24.5. The van der Waals surface area contributed by atoms with Crippen molar-refractivity contribution in [3.63, 3.8) is 0 Å². The summed E-state index contributed by atoms with van der Waals surface area (Å²) >= 11 is 2.10. The molecule has 0 saturated carbocycles. The number of thioether (sulfide) groups is 2. The van der Waals surface area contributed by atoms with Crippen LogP contribution in [0.1, 0.15) is 60.5 Å². The molecule has 13 nitrogen and oxygen atoms in total. The van der Waals surface area contributed by atoms with Crippen LogP contribution in [0.3, 0.4) is 0 Å². The van der Waals surface area contributed by atoms with Gasteiger partial charge in [-0.25, -0.2) is 17.5 Å². The van der Waals surface area contributed by atoms with E-state index in [0.717, 1.165) is 4.31 Å². The van der Waals surface area contributed by atoms with Gasteiger partial charge in [-0.05, 0) is 84.0 Å². The number of carbonyl (C=O) groups is 3. The van der Waals surface area contributed by atoms with Crippen molar-refractivity contribution in [3.8, 4) is 5.75 Å². The van der Waals surface area contributed by atoms with Gasteiger partial charge in [0.25, 0.3) is 5.69 Å². The van der Waals surface area contributed by atoms with E-state index < -0.39 is 45.9 Å². The molecule has 1 saturated heterocycles. The number of esters is 1. The number of likely N-dealkylation sites (tertiary alicyclic amines) is 1. The molecule has 2 aromatic carbocycles. The van der Waals surface area contributed by atoms with Crippen molar-refractivity contribution >= 4 is 64.5 Å². The Hall–Kier alpha value is -3.22. The molecule has 0 aliphatic carbocycles. The highest BCUT2D eigenvalue weighted by Gasteiger charge is 2.52. The van der Waals surface area contributed by atoms with Crippen molar-refractivity contribution in [2.45, 2.75) is 89.9 Å². The molecule has 0 aromatic heterocycles. The number of sulfonamides is 1. The van der Waals surface area contributed by atoms with Crippen LogP contribution in [0, 0.1) is 21.4 Å². The molecular formula is C36H51N3O10S3Si. The molecule has 292 valence electrons. The van der Waals surface area contributed by atoms with Crippen molar-refractivity contribution in [1.82, 2.24) is 9.21 Å². The molecule has 1 aliphatic rings. The van der Waals surface area contributed by atoms with Gasteiger partial charge in [0.15, 0.2) is 19.1 Å². The summed E-state index contributed by atoms with van der Waals surface area (Å²) in [5.74, 6) is -1.10. The van der Waals surface area contributed by atoms with Gasteiger partial charge >= 0.3 is 5.97 Å². The molecule has 0 spiro atoms. The zero-order valence-electron chi connectivity index (χ0n) is 32.3. The Morgan fingerprint density at radius 3 is 2.08 bits per heavy atom. The van der Waals surface area contributed by atoms with Gasteiger partial charge in [0.1, 0.15) is 12.4 Å². The third-order valence-corrected chi connectivity index (χ3v) is 17.8. The first-order valence-electron chi connectivity index (χ1n) is 17.1. The van der Waals surface area contributed by atoms with Gasteiger partial charge < -0.3 is 13.9 Å². The molecule has 53 heavy (non-hydrogen) atoms. The number of amides is 1. The summed E-state index contributed by atoms with van der Waals surface area (Å²) in [6, 6.07) is 11.0. The highest BCUT2D eigenvalue weighted by atomic mass is 32.2. The Labute approximate surface area is 322 Å². The lowest BCUT2D eigenvalue weighted by Gasteiger charge is -2.47. The molecule has 2 aromatic rings. The molecule has 1 heterocycles. The van der Waals surface area contributed by atoms with Crippen LogP contribution in [0.2, 0.25) is 18.1 Å². The molecular weight excluding hydrogens is 759 g/mol. The minimum Gasteiger partial charge on any atom is -0.456 e. The molecule has 0 unspecified atom stereocenters. The Bertz CT molecular complexity index is 1800. The fourth-order valence-corrected chi connectivity index (χ4v) is 8.65. The summed E-state index contributed by atoms with van der Waals surface area (Å²) in [4.78, 5) is 53.8. The first-order chi connectivity index (χ1) is 24.4. The highest BCUT2D eigenvalue weighted by molar-refractivity contribution is 8.16. The maximum Gasteiger partial charge on any atom is 0.359 e. The predicted octanol–water partition coefficient (Wildman–Crippen LogP) is 7.39. The minimum atomic E-state index is -3.76. The summed E-state index contributed by atoms with van der Waals surface area (Å²) in [7, 11) is -3.05. The van der Waals surface area contributed by atoms with Crippen molar-refractivity contribution < 1.29 is 41.6 Å². The smallest absolute Gasteiger partial charge is 0.359 e. The molecule has 0 bridgehead atoms. The van der Waals surface area contributed by atoms with E-state index in [0.29, 0.717) is 36.1 Å². The number of nitro benzene ring substituents is 1. The number of ether oxygens (including phenoxy) is 2. The SMILES string of the molecule is CCS[C@@H]1[C@@H](CCO[Si](C)(C)C(C)(C)C)C(=O)N1C(C(=O)OCc1ccc([N+](=O)[O-])cc1)=C(Oc1ccc(S(=O)(=O)N(C)C)cc1)SC(=O)C(C)(C)C. The van der Waals surface area contributed by atoms with Gasteiger partial charge in [0, 0.05) is 38.2 Å². The summed E-state index contributed by atoms with van der Waals surface area (Å²) in [5, 5.41) is 10.0. The topological polar surface area (TPSA) is 163 Å². The number of benzene rings is 2. The normalized spacial score (nSPS) is 17.3. The number of carbonyl (C=O) groups excluding carboxylic acids is 3. The maximum absolute atomic E-state index is 14.2. The molecule has 1 amide bonds. The summed E-state index contributed by atoms with van der Waals surface area (Å²) in [6.07, 6.45) is 0.413. The van der Waals surface area contributed by atoms with E-state index in [4.69, 9.17) is 13.9 Å². The van der Waals surface area contributed by atoms with Gasteiger partial charge in [-0.15, -0.1) is 11.8 Å². The number of hydrogen-bond acceptors (Lipinski definition) is 12.